The second-order valence-electron chi connectivity index (χ2n) is 4.70. The number of amides is 1. The number of hydrogen-bond acceptors (Lipinski definition) is 3. The molecule has 1 unspecified atom stereocenters. The average Bonchev–Trinajstić information content (AvgIpc) is 2.46. The summed E-state index contributed by atoms with van der Waals surface area (Å²) in [5.74, 6) is -0.232. The quantitative estimate of drug-likeness (QED) is 0.902. The Morgan fingerprint density at radius 1 is 1.25 bits per heavy atom. The number of aromatic nitrogens is 1. The lowest BCUT2D eigenvalue weighted by atomic mass is 9.96. The number of carbonyl (C=O) groups is 1. The van der Waals surface area contributed by atoms with Crippen molar-refractivity contribution in [1.82, 2.24) is 10.3 Å². The number of nitrogens with one attached hydrogen (secondary N) is 1. The molecule has 0 spiro atoms. The average molecular weight is 335 g/mol. The zero-order valence-electron chi connectivity index (χ0n) is 11.0. The first-order valence-corrected chi connectivity index (χ1v) is 6.95. The first-order valence-electron chi connectivity index (χ1n) is 6.16. The van der Waals surface area contributed by atoms with Crippen LogP contribution in [0.5, 0.6) is 0 Å². The van der Waals surface area contributed by atoms with Gasteiger partial charge in [0.1, 0.15) is 5.60 Å². The van der Waals surface area contributed by atoms with Crippen LogP contribution in [0.4, 0.5) is 0 Å². The van der Waals surface area contributed by atoms with Crippen molar-refractivity contribution in [3.05, 3.63) is 64.4 Å². The third kappa shape index (κ3) is 3.65. The van der Waals surface area contributed by atoms with Crippen molar-refractivity contribution in [2.75, 3.05) is 6.54 Å². The minimum Gasteiger partial charge on any atom is -0.384 e. The summed E-state index contributed by atoms with van der Waals surface area (Å²) >= 11 is 3.35. The van der Waals surface area contributed by atoms with Crippen molar-refractivity contribution in [1.29, 1.82) is 0 Å². The number of nitrogens with zero attached hydrogens (tertiary/aromatic N) is 1. The molecule has 2 aromatic rings. The van der Waals surface area contributed by atoms with Gasteiger partial charge < -0.3 is 10.4 Å². The second-order valence-corrected chi connectivity index (χ2v) is 5.61. The van der Waals surface area contributed by atoms with Gasteiger partial charge in [0.05, 0.1) is 6.54 Å². The number of rotatable bonds is 4. The van der Waals surface area contributed by atoms with E-state index in [1.807, 2.05) is 24.3 Å². The van der Waals surface area contributed by atoms with Crippen LogP contribution in [0.3, 0.4) is 0 Å². The summed E-state index contributed by atoms with van der Waals surface area (Å²) in [4.78, 5) is 15.8. The summed E-state index contributed by atoms with van der Waals surface area (Å²) in [5.41, 5.74) is 0.144. The highest BCUT2D eigenvalue weighted by molar-refractivity contribution is 9.10. The first kappa shape index (κ1) is 14.7. The van der Waals surface area contributed by atoms with Crippen molar-refractivity contribution in [3.8, 4) is 0 Å². The minimum atomic E-state index is -1.12. The topological polar surface area (TPSA) is 62.2 Å². The largest absolute Gasteiger partial charge is 0.384 e. The minimum absolute atomic E-state index is 0.135. The standard InChI is InChI=1S/C15H15BrN2O2/c1-15(20,12-2-4-13(16)5-3-12)10-18-14(19)11-6-8-17-9-7-11/h2-9,20H,10H2,1H3,(H,18,19). The predicted octanol–water partition coefficient (Wildman–Crippen LogP) is 2.48. The molecule has 1 amide bonds. The SMILES string of the molecule is CC(O)(CNC(=O)c1ccncc1)c1ccc(Br)cc1. The normalized spacial score (nSPS) is 13.6. The fourth-order valence-corrected chi connectivity index (χ4v) is 2.03. The van der Waals surface area contributed by atoms with Crippen LogP contribution >= 0.6 is 15.9 Å². The summed E-state index contributed by atoms with van der Waals surface area (Å²) in [6.07, 6.45) is 3.11. The zero-order chi connectivity index (χ0) is 14.6. The van der Waals surface area contributed by atoms with E-state index in [1.165, 1.54) is 0 Å². The highest BCUT2D eigenvalue weighted by Crippen LogP contribution is 2.21. The van der Waals surface area contributed by atoms with Crippen LogP contribution in [-0.2, 0) is 5.60 Å². The molecule has 0 aliphatic heterocycles. The Bertz CT molecular complexity index is 583. The predicted molar refractivity (Wildman–Crippen MR) is 80.3 cm³/mol. The zero-order valence-corrected chi connectivity index (χ0v) is 12.6. The fourth-order valence-electron chi connectivity index (χ4n) is 1.77. The number of aliphatic hydroxyl groups is 1. The van der Waals surface area contributed by atoms with Gasteiger partial charge in [0.2, 0.25) is 0 Å². The van der Waals surface area contributed by atoms with Crippen molar-refractivity contribution < 1.29 is 9.90 Å². The van der Waals surface area contributed by atoms with Crippen LogP contribution in [-0.4, -0.2) is 22.5 Å². The van der Waals surface area contributed by atoms with Gasteiger partial charge in [-0.2, -0.15) is 0 Å². The molecule has 2 N–H and O–H groups in total. The summed E-state index contributed by atoms with van der Waals surface area (Å²) in [6, 6.07) is 10.6. The lowest BCUT2D eigenvalue weighted by Gasteiger charge is -2.24. The third-order valence-electron chi connectivity index (χ3n) is 3.00. The van der Waals surface area contributed by atoms with Crippen LogP contribution in [0, 0.1) is 0 Å². The van der Waals surface area contributed by atoms with Crippen molar-refractivity contribution in [2.45, 2.75) is 12.5 Å². The highest BCUT2D eigenvalue weighted by Gasteiger charge is 2.23. The molecule has 5 heteroatoms. The molecule has 104 valence electrons. The molecule has 4 nitrogen and oxygen atoms in total. The van der Waals surface area contributed by atoms with E-state index in [0.717, 1.165) is 10.0 Å². The van der Waals surface area contributed by atoms with Gasteiger partial charge in [-0.3, -0.25) is 9.78 Å². The van der Waals surface area contributed by atoms with Crippen LogP contribution in [0.2, 0.25) is 0 Å². The van der Waals surface area contributed by atoms with Gasteiger partial charge in [-0.25, -0.2) is 0 Å². The summed E-state index contributed by atoms with van der Waals surface area (Å²) < 4.78 is 0.942. The lowest BCUT2D eigenvalue weighted by Crippen LogP contribution is -2.38. The van der Waals surface area contributed by atoms with Crippen LogP contribution in [0.1, 0.15) is 22.8 Å². The molecule has 20 heavy (non-hydrogen) atoms. The molecule has 0 aliphatic rings. The molecule has 0 saturated heterocycles. The second kappa shape index (κ2) is 6.15. The molecule has 2 rings (SSSR count). The maximum atomic E-state index is 11.9. The Labute approximate surface area is 126 Å². The number of benzene rings is 1. The Balaban J connectivity index is 2.02. The maximum Gasteiger partial charge on any atom is 0.251 e. The van der Waals surface area contributed by atoms with Gasteiger partial charge >= 0.3 is 0 Å². The molecule has 0 radical (unpaired) electrons. The molecular formula is C15H15BrN2O2. The van der Waals surface area contributed by atoms with Crippen LogP contribution in [0.25, 0.3) is 0 Å². The van der Waals surface area contributed by atoms with Gasteiger partial charge in [-0.1, -0.05) is 28.1 Å². The Morgan fingerprint density at radius 3 is 2.45 bits per heavy atom. The first-order chi connectivity index (χ1) is 9.49. The smallest absolute Gasteiger partial charge is 0.251 e. The molecule has 1 heterocycles. The number of carbonyl (C=O) groups excluding carboxylic acids is 1. The van der Waals surface area contributed by atoms with E-state index < -0.39 is 5.60 Å². The fraction of sp³-hybridized carbons (Fsp3) is 0.200. The van der Waals surface area contributed by atoms with Gasteiger partial charge in [0, 0.05) is 22.4 Å². The molecule has 0 bridgehead atoms. The molecule has 1 atom stereocenters. The molecule has 0 saturated carbocycles. The number of pyridine rings is 1. The molecule has 0 aliphatic carbocycles. The number of halogens is 1. The van der Waals surface area contributed by atoms with Gasteiger partial charge in [0.15, 0.2) is 0 Å². The molecular weight excluding hydrogens is 320 g/mol. The summed E-state index contributed by atoms with van der Waals surface area (Å²) in [5, 5.41) is 13.2. The summed E-state index contributed by atoms with van der Waals surface area (Å²) in [7, 11) is 0. The van der Waals surface area contributed by atoms with E-state index in [-0.39, 0.29) is 12.5 Å². The van der Waals surface area contributed by atoms with E-state index in [4.69, 9.17) is 0 Å². The van der Waals surface area contributed by atoms with Gasteiger partial charge in [-0.15, -0.1) is 0 Å². The summed E-state index contributed by atoms with van der Waals surface area (Å²) in [6.45, 7) is 1.80. The van der Waals surface area contributed by atoms with Crippen molar-refractivity contribution in [3.63, 3.8) is 0 Å². The van der Waals surface area contributed by atoms with Crippen molar-refractivity contribution >= 4 is 21.8 Å². The van der Waals surface area contributed by atoms with E-state index in [2.05, 4.69) is 26.2 Å². The highest BCUT2D eigenvalue weighted by atomic mass is 79.9. The molecule has 1 aromatic carbocycles. The van der Waals surface area contributed by atoms with E-state index in [1.54, 1.807) is 31.5 Å². The van der Waals surface area contributed by atoms with Gasteiger partial charge in [0.25, 0.3) is 5.91 Å². The van der Waals surface area contributed by atoms with E-state index in [9.17, 15) is 9.90 Å². The van der Waals surface area contributed by atoms with Crippen molar-refractivity contribution in [2.24, 2.45) is 0 Å². The molecule has 0 fully saturated rings. The Kier molecular flexibility index (Phi) is 4.52. The maximum absolute atomic E-state index is 11.9. The van der Waals surface area contributed by atoms with E-state index >= 15 is 0 Å². The monoisotopic (exact) mass is 334 g/mol. The lowest BCUT2D eigenvalue weighted by molar-refractivity contribution is 0.0526. The van der Waals surface area contributed by atoms with E-state index in [0.29, 0.717) is 5.56 Å². The van der Waals surface area contributed by atoms with Crippen LogP contribution < -0.4 is 5.32 Å². The third-order valence-corrected chi connectivity index (χ3v) is 3.53. The Morgan fingerprint density at radius 2 is 1.85 bits per heavy atom. The number of hydrogen-bond donors (Lipinski definition) is 2. The van der Waals surface area contributed by atoms with Crippen LogP contribution in [0.15, 0.2) is 53.3 Å². The Hall–Kier alpha value is -1.72. The van der Waals surface area contributed by atoms with Gasteiger partial charge in [-0.05, 0) is 36.8 Å². The molecule has 1 aromatic heterocycles.